The Morgan fingerprint density at radius 1 is 1.50 bits per heavy atom. The molecule has 0 aliphatic rings. The molecule has 0 aromatic heterocycles. The maximum absolute atomic E-state index is 11.0. The highest BCUT2D eigenvalue weighted by Gasteiger charge is 2.12. The average molecular weight is 174 g/mol. The van der Waals surface area contributed by atoms with E-state index in [9.17, 15) is 4.79 Å². The molecule has 0 aromatic carbocycles. The van der Waals surface area contributed by atoms with Gasteiger partial charge in [0.05, 0.1) is 13.2 Å². The van der Waals surface area contributed by atoms with Crippen LogP contribution in [0.2, 0.25) is 0 Å². The van der Waals surface area contributed by atoms with E-state index in [2.05, 4.69) is 0 Å². The molecule has 0 aliphatic heterocycles. The standard InChI is InChI=1S/C8H14O4/c1-3-6(2)8(11)12-7(4-9)5-10/h3,7,9-10H,4-5H2,1-2H3. The zero-order valence-electron chi connectivity index (χ0n) is 7.28. The van der Waals surface area contributed by atoms with Crippen molar-refractivity contribution in [1.29, 1.82) is 0 Å². The number of carbonyl (C=O) groups is 1. The van der Waals surface area contributed by atoms with E-state index in [0.29, 0.717) is 5.57 Å². The molecule has 0 aliphatic carbocycles. The molecule has 0 aromatic rings. The number of hydrogen-bond acceptors (Lipinski definition) is 4. The normalized spacial score (nSPS) is 11.9. The summed E-state index contributed by atoms with van der Waals surface area (Å²) in [5.74, 6) is -0.509. The zero-order chi connectivity index (χ0) is 9.56. The number of aliphatic hydroxyl groups is 2. The summed E-state index contributed by atoms with van der Waals surface area (Å²) in [6.07, 6.45) is 0.793. The predicted octanol–water partition coefficient (Wildman–Crippen LogP) is -0.151. The van der Waals surface area contributed by atoms with Crippen molar-refractivity contribution in [2.45, 2.75) is 20.0 Å². The SMILES string of the molecule is CC=C(C)C(=O)OC(CO)CO. The molecular weight excluding hydrogens is 160 g/mol. The summed E-state index contributed by atoms with van der Waals surface area (Å²) in [6, 6.07) is 0. The number of allylic oxidation sites excluding steroid dienone is 1. The van der Waals surface area contributed by atoms with Crippen LogP contribution in [0, 0.1) is 0 Å². The van der Waals surface area contributed by atoms with E-state index in [1.165, 1.54) is 0 Å². The molecular formula is C8H14O4. The first-order chi connectivity index (χ1) is 5.65. The number of hydrogen-bond donors (Lipinski definition) is 2. The van der Waals surface area contributed by atoms with Crippen LogP contribution in [0.25, 0.3) is 0 Å². The number of esters is 1. The monoisotopic (exact) mass is 174 g/mol. The van der Waals surface area contributed by atoms with Gasteiger partial charge in [-0.3, -0.25) is 0 Å². The van der Waals surface area contributed by atoms with E-state index in [1.54, 1.807) is 19.9 Å². The lowest BCUT2D eigenvalue weighted by Gasteiger charge is -2.12. The van der Waals surface area contributed by atoms with Gasteiger partial charge in [-0.05, 0) is 13.8 Å². The molecule has 0 atom stereocenters. The van der Waals surface area contributed by atoms with Gasteiger partial charge in [0.15, 0.2) is 0 Å². The fourth-order valence-corrected chi connectivity index (χ4v) is 0.494. The van der Waals surface area contributed by atoms with Crippen LogP contribution < -0.4 is 0 Å². The van der Waals surface area contributed by atoms with Crippen molar-refractivity contribution >= 4 is 5.97 Å². The first-order valence-electron chi connectivity index (χ1n) is 3.71. The van der Waals surface area contributed by atoms with Gasteiger partial charge in [-0.2, -0.15) is 0 Å². The largest absolute Gasteiger partial charge is 0.454 e. The molecule has 12 heavy (non-hydrogen) atoms. The predicted molar refractivity (Wildman–Crippen MR) is 43.5 cm³/mol. The minimum absolute atomic E-state index is 0.362. The zero-order valence-corrected chi connectivity index (χ0v) is 7.28. The van der Waals surface area contributed by atoms with Crippen molar-refractivity contribution in [2.75, 3.05) is 13.2 Å². The summed E-state index contributed by atoms with van der Waals surface area (Å²) in [5, 5.41) is 17.1. The molecule has 70 valence electrons. The molecule has 0 rings (SSSR count). The van der Waals surface area contributed by atoms with Gasteiger partial charge in [0, 0.05) is 5.57 Å². The van der Waals surface area contributed by atoms with Crippen LogP contribution in [0.3, 0.4) is 0 Å². The molecule has 0 saturated carbocycles. The smallest absolute Gasteiger partial charge is 0.333 e. The Bertz CT molecular complexity index is 170. The first-order valence-corrected chi connectivity index (χ1v) is 3.71. The third-order valence-electron chi connectivity index (χ3n) is 1.44. The molecule has 0 fully saturated rings. The second-order valence-electron chi connectivity index (χ2n) is 2.36. The van der Waals surface area contributed by atoms with Gasteiger partial charge in [-0.1, -0.05) is 6.08 Å². The quantitative estimate of drug-likeness (QED) is 0.459. The second-order valence-corrected chi connectivity index (χ2v) is 2.36. The molecule has 0 heterocycles. The second kappa shape index (κ2) is 5.74. The minimum Gasteiger partial charge on any atom is -0.454 e. The van der Waals surface area contributed by atoms with Crippen LogP contribution in [0.1, 0.15) is 13.8 Å². The Labute approximate surface area is 71.5 Å². The molecule has 0 bridgehead atoms. The summed E-state index contributed by atoms with van der Waals surface area (Å²) in [4.78, 5) is 11.0. The number of ether oxygens (including phenoxy) is 1. The van der Waals surface area contributed by atoms with Gasteiger partial charge in [0.2, 0.25) is 0 Å². The summed E-state index contributed by atoms with van der Waals surface area (Å²) in [7, 11) is 0. The van der Waals surface area contributed by atoms with Crippen LogP contribution in [0.5, 0.6) is 0 Å². The fraction of sp³-hybridized carbons (Fsp3) is 0.625. The number of carbonyl (C=O) groups excluding carboxylic acids is 1. The van der Waals surface area contributed by atoms with Gasteiger partial charge < -0.3 is 14.9 Å². The topological polar surface area (TPSA) is 66.8 Å². The van der Waals surface area contributed by atoms with E-state index in [1.807, 2.05) is 0 Å². The highest BCUT2D eigenvalue weighted by atomic mass is 16.6. The Kier molecular flexibility index (Phi) is 5.32. The summed E-state index contributed by atoms with van der Waals surface area (Å²) < 4.78 is 4.69. The van der Waals surface area contributed by atoms with Crippen LogP contribution in [-0.4, -0.2) is 35.5 Å². The van der Waals surface area contributed by atoms with Crippen molar-refractivity contribution in [1.82, 2.24) is 0 Å². The molecule has 0 saturated heterocycles. The lowest BCUT2D eigenvalue weighted by molar-refractivity contribution is -0.148. The lowest BCUT2D eigenvalue weighted by atomic mass is 10.3. The van der Waals surface area contributed by atoms with Gasteiger partial charge in [0.1, 0.15) is 6.10 Å². The van der Waals surface area contributed by atoms with Crippen molar-refractivity contribution in [3.05, 3.63) is 11.6 Å². The highest BCUT2D eigenvalue weighted by molar-refractivity contribution is 5.87. The van der Waals surface area contributed by atoms with Crippen molar-refractivity contribution in [3.8, 4) is 0 Å². The van der Waals surface area contributed by atoms with Gasteiger partial charge >= 0.3 is 5.97 Å². The Hall–Kier alpha value is -0.870. The maximum atomic E-state index is 11.0. The third kappa shape index (κ3) is 3.50. The number of rotatable bonds is 4. The maximum Gasteiger partial charge on any atom is 0.333 e. The Balaban J connectivity index is 3.98. The van der Waals surface area contributed by atoms with Crippen LogP contribution in [0.15, 0.2) is 11.6 Å². The van der Waals surface area contributed by atoms with Gasteiger partial charge in [-0.25, -0.2) is 4.79 Å². The van der Waals surface area contributed by atoms with Crippen molar-refractivity contribution < 1.29 is 19.7 Å². The third-order valence-corrected chi connectivity index (χ3v) is 1.44. The molecule has 4 nitrogen and oxygen atoms in total. The summed E-state index contributed by atoms with van der Waals surface area (Å²) in [6.45, 7) is 2.59. The molecule has 0 amide bonds. The van der Waals surface area contributed by atoms with E-state index < -0.39 is 12.1 Å². The van der Waals surface area contributed by atoms with Crippen molar-refractivity contribution in [2.24, 2.45) is 0 Å². The molecule has 2 N–H and O–H groups in total. The molecule has 0 unspecified atom stereocenters. The summed E-state index contributed by atoms with van der Waals surface area (Å²) >= 11 is 0. The minimum atomic E-state index is -0.813. The highest BCUT2D eigenvalue weighted by Crippen LogP contribution is 1.99. The van der Waals surface area contributed by atoms with Crippen LogP contribution in [0.4, 0.5) is 0 Å². The number of aliphatic hydroxyl groups excluding tert-OH is 2. The Morgan fingerprint density at radius 3 is 2.33 bits per heavy atom. The Morgan fingerprint density at radius 2 is 2.00 bits per heavy atom. The van der Waals surface area contributed by atoms with Gasteiger partial charge in [-0.15, -0.1) is 0 Å². The van der Waals surface area contributed by atoms with E-state index in [0.717, 1.165) is 0 Å². The van der Waals surface area contributed by atoms with Crippen molar-refractivity contribution in [3.63, 3.8) is 0 Å². The van der Waals surface area contributed by atoms with E-state index >= 15 is 0 Å². The van der Waals surface area contributed by atoms with E-state index in [-0.39, 0.29) is 13.2 Å². The van der Waals surface area contributed by atoms with E-state index in [4.69, 9.17) is 14.9 Å². The molecule has 4 heteroatoms. The first kappa shape index (κ1) is 11.1. The lowest BCUT2D eigenvalue weighted by Crippen LogP contribution is -2.25. The van der Waals surface area contributed by atoms with Crippen LogP contribution >= 0.6 is 0 Å². The fourth-order valence-electron chi connectivity index (χ4n) is 0.494. The molecule has 0 radical (unpaired) electrons. The molecule has 0 spiro atoms. The van der Waals surface area contributed by atoms with Gasteiger partial charge in [0.25, 0.3) is 0 Å². The summed E-state index contributed by atoms with van der Waals surface area (Å²) in [5.41, 5.74) is 0.460. The van der Waals surface area contributed by atoms with Crippen LogP contribution in [-0.2, 0) is 9.53 Å². The average Bonchev–Trinajstić information content (AvgIpc) is 2.12.